The van der Waals surface area contributed by atoms with Crippen LogP contribution < -0.4 is 10.1 Å². The number of halogens is 1. The van der Waals surface area contributed by atoms with Gasteiger partial charge in [-0.25, -0.2) is 4.39 Å². The summed E-state index contributed by atoms with van der Waals surface area (Å²) in [6.45, 7) is 9.24. The third-order valence-corrected chi connectivity index (χ3v) is 6.34. The topological polar surface area (TPSA) is 63.4 Å². The average Bonchev–Trinajstić information content (AvgIpc) is 3.28. The zero-order valence-corrected chi connectivity index (χ0v) is 20.9. The van der Waals surface area contributed by atoms with Gasteiger partial charge in [0.2, 0.25) is 5.82 Å². The molecule has 3 aromatic rings. The van der Waals surface area contributed by atoms with Crippen LogP contribution in [-0.4, -0.2) is 33.8 Å². The first-order valence-corrected chi connectivity index (χ1v) is 11.7. The van der Waals surface area contributed by atoms with Gasteiger partial charge < -0.3 is 19.5 Å². The van der Waals surface area contributed by atoms with Gasteiger partial charge in [-0.05, 0) is 62.2 Å². The summed E-state index contributed by atoms with van der Waals surface area (Å²) in [7, 11) is 1.43. The minimum absolute atomic E-state index is 0.163. The van der Waals surface area contributed by atoms with Crippen molar-refractivity contribution >= 4 is 22.9 Å². The Morgan fingerprint density at radius 2 is 1.91 bits per heavy atom. The van der Waals surface area contributed by atoms with Gasteiger partial charge in [0, 0.05) is 17.8 Å². The van der Waals surface area contributed by atoms with E-state index in [0.717, 1.165) is 29.8 Å². The zero-order valence-electron chi connectivity index (χ0n) is 20.1. The lowest BCUT2D eigenvalue weighted by Crippen LogP contribution is -2.46. The molecule has 2 aromatic carbocycles. The summed E-state index contributed by atoms with van der Waals surface area (Å²) in [6, 6.07) is 12.6. The van der Waals surface area contributed by atoms with Crippen LogP contribution in [-0.2, 0) is 0 Å². The Morgan fingerprint density at radius 3 is 2.56 bits per heavy atom. The first-order chi connectivity index (χ1) is 16.3. The standard InChI is InChI=1S/C26H29FN4O2S/c1-15(2)12-13-31-17(4)22(23(28-26(31)34)18-8-6-16(3)7-9-18)25-29-24(30-33-25)19-10-11-21(32-5)20(27)14-19/h6-11,14-15,23H,12-13H2,1-5H3,(H,28,34). The molecular formula is C26H29FN4O2S. The normalized spacial score (nSPS) is 16.3. The molecule has 1 aromatic heterocycles. The summed E-state index contributed by atoms with van der Waals surface area (Å²) in [5.74, 6) is 0.897. The Morgan fingerprint density at radius 1 is 1.18 bits per heavy atom. The van der Waals surface area contributed by atoms with Gasteiger partial charge in [0.15, 0.2) is 16.7 Å². The number of hydrogen-bond acceptors (Lipinski definition) is 5. The molecule has 0 fully saturated rings. The van der Waals surface area contributed by atoms with Gasteiger partial charge in [-0.15, -0.1) is 0 Å². The highest BCUT2D eigenvalue weighted by Gasteiger charge is 2.34. The highest BCUT2D eigenvalue weighted by atomic mass is 32.1. The maximum Gasteiger partial charge on any atom is 0.258 e. The van der Waals surface area contributed by atoms with Crippen LogP contribution in [0.2, 0.25) is 0 Å². The van der Waals surface area contributed by atoms with Crippen molar-refractivity contribution in [2.45, 2.75) is 40.2 Å². The van der Waals surface area contributed by atoms with Gasteiger partial charge in [-0.1, -0.05) is 48.8 Å². The number of methoxy groups -OCH3 is 1. The molecule has 1 aliphatic rings. The van der Waals surface area contributed by atoms with Crippen molar-refractivity contribution in [2.75, 3.05) is 13.7 Å². The molecule has 4 rings (SSSR count). The van der Waals surface area contributed by atoms with Crippen molar-refractivity contribution in [3.8, 4) is 17.1 Å². The van der Waals surface area contributed by atoms with Gasteiger partial charge in [0.25, 0.3) is 5.89 Å². The Bertz CT molecular complexity index is 1220. The van der Waals surface area contributed by atoms with E-state index in [9.17, 15) is 4.39 Å². The van der Waals surface area contributed by atoms with E-state index >= 15 is 0 Å². The number of aryl methyl sites for hydroxylation is 1. The number of hydrogen-bond donors (Lipinski definition) is 1. The van der Waals surface area contributed by atoms with Crippen molar-refractivity contribution in [3.63, 3.8) is 0 Å². The minimum Gasteiger partial charge on any atom is -0.494 e. The lowest BCUT2D eigenvalue weighted by Gasteiger charge is -2.37. The Balaban J connectivity index is 1.77. The molecule has 34 heavy (non-hydrogen) atoms. The molecular weight excluding hydrogens is 451 g/mol. The molecule has 0 radical (unpaired) electrons. The summed E-state index contributed by atoms with van der Waals surface area (Å²) in [5, 5.41) is 8.29. The average molecular weight is 481 g/mol. The van der Waals surface area contributed by atoms with E-state index < -0.39 is 5.82 Å². The summed E-state index contributed by atoms with van der Waals surface area (Å²) >= 11 is 5.74. The number of aromatic nitrogens is 2. The fourth-order valence-electron chi connectivity index (χ4n) is 3.98. The summed E-state index contributed by atoms with van der Waals surface area (Å²) in [5.41, 5.74) is 4.54. The molecule has 6 nitrogen and oxygen atoms in total. The van der Waals surface area contributed by atoms with E-state index in [1.54, 1.807) is 12.1 Å². The van der Waals surface area contributed by atoms with E-state index in [4.69, 9.17) is 21.5 Å². The highest BCUT2D eigenvalue weighted by Crippen LogP contribution is 2.38. The number of nitrogens with zero attached hydrogens (tertiary/aromatic N) is 3. The van der Waals surface area contributed by atoms with Crippen LogP contribution in [0.1, 0.15) is 50.3 Å². The van der Waals surface area contributed by atoms with Crippen LogP contribution in [0.4, 0.5) is 4.39 Å². The molecule has 0 saturated heterocycles. The lowest BCUT2D eigenvalue weighted by atomic mass is 9.94. The fraction of sp³-hybridized carbons (Fsp3) is 0.346. The molecule has 8 heteroatoms. The van der Waals surface area contributed by atoms with E-state index in [1.165, 1.54) is 18.7 Å². The fourth-order valence-corrected chi connectivity index (χ4v) is 4.33. The van der Waals surface area contributed by atoms with Crippen LogP contribution in [0.25, 0.3) is 17.0 Å². The summed E-state index contributed by atoms with van der Waals surface area (Å²) < 4.78 is 25.0. The van der Waals surface area contributed by atoms with E-state index in [0.29, 0.717) is 28.3 Å². The van der Waals surface area contributed by atoms with Crippen molar-refractivity contribution < 1.29 is 13.7 Å². The molecule has 0 saturated carbocycles. The second-order valence-electron chi connectivity index (χ2n) is 8.90. The van der Waals surface area contributed by atoms with Gasteiger partial charge in [0.1, 0.15) is 0 Å². The second kappa shape index (κ2) is 9.93. The van der Waals surface area contributed by atoms with Crippen LogP contribution in [0.3, 0.4) is 0 Å². The van der Waals surface area contributed by atoms with Crippen LogP contribution in [0.5, 0.6) is 5.75 Å². The molecule has 1 N–H and O–H groups in total. The molecule has 0 amide bonds. The molecule has 0 bridgehead atoms. The number of thiocarbonyl (C=S) groups is 1. The van der Waals surface area contributed by atoms with Crippen LogP contribution >= 0.6 is 12.2 Å². The monoisotopic (exact) mass is 480 g/mol. The number of ether oxygens (including phenoxy) is 1. The van der Waals surface area contributed by atoms with Crippen molar-refractivity contribution in [1.29, 1.82) is 0 Å². The molecule has 1 unspecified atom stereocenters. The first kappa shape index (κ1) is 23.9. The quantitative estimate of drug-likeness (QED) is 0.422. The van der Waals surface area contributed by atoms with E-state index in [2.05, 4.69) is 65.4 Å². The van der Waals surface area contributed by atoms with E-state index in [1.807, 2.05) is 6.92 Å². The van der Waals surface area contributed by atoms with Gasteiger partial charge in [-0.3, -0.25) is 0 Å². The summed E-state index contributed by atoms with van der Waals surface area (Å²) in [6.07, 6.45) is 0.988. The second-order valence-corrected chi connectivity index (χ2v) is 9.29. The van der Waals surface area contributed by atoms with Crippen molar-refractivity contribution in [3.05, 3.63) is 71.0 Å². The number of benzene rings is 2. The predicted octanol–water partition coefficient (Wildman–Crippen LogP) is 5.90. The Labute approximate surface area is 204 Å². The molecule has 0 spiro atoms. The zero-order chi connectivity index (χ0) is 24.4. The van der Waals surface area contributed by atoms with Crippen molar-refractivity contribution in [2.24, 2.45) is 5.92 Å². The van der Waals surface area contributed by atoms with E-state index in [-0.39, 0.29) is 11.8 Å². The lowest BCUT2D eigenvalue weighted by molar-refractivity contribution is 0.386. The predicted molar refractivity (Wildman–Crippen MR) is 135 cm³/mol. The minimum atomic E-state index is -0.483. The number of allylic oxidation sites excluding steroid dienone is 1. The van der Waals surface area contributed by atoms with Crippen molar-refractivity contribution in [1.82, 2.24) is 20.4 Å². The molecule has 1 atom stereocenters. The molecule has 178 valence electrons. The third-order valence-electron chi connectivity index (χ3n) is 6.00. The van der Waals surface area contributed by atoms with Gasteiger partial charge in [0.05, 0.1) is 18.7 Å². The Hall–Kier alpha value is -3.26. The van der Waals surface area contributed by atoms with Gasteiger partial charge >= 0.3 is 0 Å². The smallest absolute Gasteiger partial charge is 0.258 e. The maximum atomic E-state index is 14.3. The largest absolute Gasteiger partial charge is 0.494 e. The Kier molecular flexibility index (Phi) is 6.97. The molecule has 0 aliphatic carbocycles. The maximum absolute atomic E-state index is 14.3. The van der Waals surface area contributed by atoms with Crippen LogP contribution in [0.15, 0.2) is 52.7 Å². The SMILES string of the molecule is COc1ccc(-c2noc(C3=C(C)N(CCC(C)C)C(=S)NC3c3ccc(C)cc3)n2)cc1F. The third kappa shape index (κ3) is 4.82. The molecule has 2 heterocycles. The summed E-state index contributed by atoms with van der Waals surface area (Å²) in [4.78, 5) is 6.74. The van der Waals surface area contributed by atoms with Gasteiger partial charge in [-0.2, -0.15) is 4.98 Å². The number of nitrogens with one attached hydrogen (secondary N) is 1. The highest BCUT2D eigenvalue weighted by molar-refractivity contribution is 7.80. The molecule has 1 aliphatic heterocycles. The number of rotatable bonds is 7. The first-order valence-electron chi connectivity index (χ1n) is 11.3. The van der Waals surface area contributed by atoms with Crippen LogP contribution in [0, 0.1) is 18.7 Å².